The van der Waals surface area contributed by atoms with Crippen molar-refractivity contribution in [2.45, 2.75) is 54.4 Å². The van der Waals surface area contributed by atoms with Crippen LogP contribution in [0.5, 0.6) is 17.2 Å². The van der Waals surface area contributed by atoms with Gasteiger partial charge in [-0.3, -0.25) is 9.69 Å². The Labute approximate surface area is 230 Å². The summed E-state index contributed by atoms with van der Waals surface area (Å²) in [5.41, 5.74) is 2.34. The SMILES string of the molecule is C#CCN1CCC(C(=O)NOC2CCCCO2)(S(=O)(=O)c2ccc(Oc3ccc(OC(F)(F)F)cc3)cc2)CC1. The third-order valence-electron chi connectivity index (χ3n) is 6.75. The van der Waals surface area contributed by atoms with Crippen molar-refractivity contribution in [3.05, 3.63) is 48.5 Å². The summed E-state index contributed by atoms with van der Waals surface area (Å²) in [5.74, 6) is 1.81. The first-order chi connectivity index (χ1) is 19.0. The second-order valence-electron chi connectivity index (χ2n) is 9.42. The lowest BCUT2D eigenvalue weighted by Crippen LogP contribution is -2.58. The number of hydroxylamine groups is 1. The van der Waals surface area contributed by atoms with E-state index in [1.54, 1.807) is 0 Å². The van der Waals surface area contributed by atoms with Crippen LogP contribution in [0.15, 0.2) is 53.4 Å². The second kappa shape index (κ2) is 12.5. The Balaban J connectivity index is 1.50. The van der Waals surface area contributed by atoms with E-state index >= 15 is 0 Å². The quantitative estimate of drug-likeness (QED) is 0.347. The molecule has 13 heteroatoms. The number of carbonyl (C=O) groups is 1. The number of benzene rings is 2. The predicted octanol–water partition coefficient (Wildman–Crippen LogP) is 4.19. The number of nitrogens with zero attached hydrogens (tertiary/aromatic N) is 1. The van der Waals surface area contributed by atoms with Gasteiger partial charge >= 0.3 is 6.36 Å². The lowest BCUT2D eigenvalue weighted by molar-refractivity contribution is -0.274. The number of hydrogen-bond acceptors (Lipinski definition) is 8. The molecule has 1 N–H and O–H groups in total. The molecular weight excluding hydrogens is 553 g/mol. The minimum Gasteiger partial charge on any atom is -0.457 e. The first-order valence-electron chi connectivity index (χ1n) is 12.6. The van der Waals surface area contributed by atoms with Crippen molar-refractivity contribution in [2.24, 2.45) is 0 Å². The summed E-state index contributed by atoms with van der Waals surface area (Å²) < 4.78 is 78.1. The monoisotopic (exact) mass is 582 g/mol. The van der Waals surface area contributed by atoms with Gasteiger partial charge < -0.3 is 14.2 Å². The van der Waals surface area contributed by atoms with Gasteiger partial charge in [-0.15, -0.1) is 19.6 Å². The second-order valence-corrected chi connectivity index (χ2v) is 11.7. The number of sulfone groups is 1. The van der Waals surface area contributed by atoms with Gasteiger partial charge in [-0.25, -0.2) is 18.7 Å². The Morgan fingerprint density at radius 3 is 2.20 bits per heavy atom. The number of terminal acetylenes is 1. The lowest BCUT2D eigenvalue weighted by Gasteiger charge is -2.39. The van der Waals surface area contributed by atoms with Crippen LogP contribution in [0, 0.1) is 12.3 Å². The van der Waals surface area contributed by atoms with E-state index in [0.29, 0.717) is 32.7 Å². The summed E-state index contributed by atoms with van der Waals surface area (Å²) in [6, 6.07) is 10.2. The fraction of sp³-hybridized carbons (Fsp3) is 0.444. The molecule has 0 aliphatic carbocycles. The number of likely N-dealkylation sites (tertiary alicyclic amines) is 1. The van der Waals surface area contributed by atoms with E-state index in [-0.39, 0.29) is 29.2 Å². The van der Waals surface area contributed by atoms with Crippen LogP contribution in [0.3, 0.4) is 0 Å². The molecule has 0 saturated carbocycles. The highest BCUT2D eigenvalue weighted by molar-refractivity contribution is 7.93. The molecule has 2 aromatic carbocycles. The van der Waals surface area contributed by atoms with Crippen molar-refractivity contribution in [2.75, 3.05) is 26.2 Å². The van der Waals surface area contributed by atoms with Gasteiger partial charge in [0, 0.05) is 26.1 Å². The molecule has 2 fully saturated rings. The molecule has 1 unspecified atom stereocenters. The summed E-state index contributed by atoms with van der Waals surface area (Å²) in [7, 11) is -4.22. The number of nitrogens with one attached hydrogen (secondary N) is 1. The molecule has 2 aromatic rings. The molecule has 216 valence electrons. The predicted molar refractivity (Wildman–Crippen MR) is 137 cm³/mol. The van der Waals surface area contributed by atoms with Gasteiger partial charge in [-0.1, -0.05) is 5.92 Å². The first kappa shape index (κ1) is 29.7. The standard InChI is InChI=1S/C27H29F3N2O7S/c1-2-16-32-17-14-26(15-18-32,25(33)31-39-24-5-3-4-19-36-24)40(34,35)23-12-10-21(11-13-23)37-20-6-8-22(9-7-20)38-27(28,29)30/h1,6-13,24H,3-5,14-19H2,(H,31,33). The van der Waals surface area contributed by atoms with Crippen molar-refractivity contribution in [3.8, 4) is 29.6 Å². The zero-order chi connectivity index (χ0) is 28.8. The van der Waals surface area contributed by atoms with Crippen molar-refractivity contribution in [1.29, 1.82) is 0 Å². The molecule has 2 heterocycles. The number of amides is 1. The number of hydrogen-bond donors (Lipinski definition) is 1. The number of ether oxygens (including phenoxy) is 3. The molecule has 0 aromatic heterocycles. The Bertz CT molecular complexity index is 1300. The maximum absolute atomic E-state index is 13.9. The first-order valence-corrected chi connectivity index (χ1v) is 14.1. The highest BCUT2D eigenvalue weighted by Gasteiger charge is 2.53. The molecule has 40 heavy (non-hydrogen) atoms. The molecule has 2 aliphatic rings. The molecule has 9 nitrogen and oxygen atoms in total. The van der Waals surface area contributed by atoms with Crippen LogP contribution in [-0.2, 0) is 24.2 Å². The van der Waals surface area contributed by atoms with Crippen LogP contribution in [-0.4, -0.2) is 62.9 Å². The van der Waals surface area contributed by atoms with E-state index in [1.165, 1.54) is 36.4 Å². The van der Waals surface area contributed by atoms with E-state index in [0.717, 1.165) is 25.0 Å². The summed E-state index contributed by atoms with van der Waals surface area (Å²) in [6.07, 6.45) is 2.28. The highest BCUT2D eigenvalue weighted by atomic mass is 32.2. The minimum atomic E-state index is -4.81. The topological polar surface area (TPSA) is 103 Å². The summed E-state index contributed by atoms with van der Waals surface area (Å²) in [4.78, 5) is 20.7. The maximum Gasteiger partial charge on any atom is 0.573 e. The molecule has 2 saturated heterocycles. The van der Waals surface area contributed by atoms with E-state index < -0.39 is 38.9 Å². The van der Waals surface area contributed by atoms with Crippen LogP contribution in [0.25, 0.3) is 0 Å². The average Bonchev–Trinajstić information content (AvgIpc) is 2.93. The average molecular weight is 583 g/mol. The Hall–Kier alpha value is -3.31. The molecule has 4 rings (SSSR count). The van der Waals surface area contributed by atoms with Crippen LogP contribution in [0.2, 0.25) is 0 Å². The number of carbonyl (C=O) groups excluding carboxylic acids is 1. The third-order valence-corrected chi connectivity index (χ3v) is 9.27. The maximum atomic E-state index is 13.9. The zero-order valence-corrected chi connectivity index (χ0v) is 22.3. The Morgan fingerprint density at radius 1 is 1.05 bits per heavy atom. The van der Waals surface area contributed by atoms with Gasteiger partial charge in [0.05, 0.1) is 11.4 Å². The smallest absolute Gasteiger partial charge is 0.457 e. The summed E-state index contributed by atoms with van der Waals surface area (Å²) in [6.45, 7) is 1.42. The van der Waals surface area contributed by atoms with Crippen LogP contribution >= 0.6 is 0 Å². The van der Waals surface area contributed by atoms with Crippen LogP contribution in [0.1, 0.15) is 32.1 Å². The van der Waals surface area contributed by atoms with Crippen molar-refractivity contribution in [3.63, 3.8) is 0 Å². The Morgan fingerprint density at radius 2 is 1.65 bits per heavy atom. The summed E-state index contributed by atoms with van der Waals surface area (Å²) >= 11 is 0. The van der Waals surface area contributed by atoms with Crippen molar-refractivity contribution in [1.82, 2.24) is 10.4 Å². The van der Waals surface area contributed by atoms with Gasteiger partial charge in [0.1, 0.15) is 17.2 Å². The molecule has 0 radical (unpaired) electrons. The lowest BCUT2D eigenvalue weighted by atomic mass is 9.95. The molecular formula is C27H29F3N2O7S. The number of rotatable bonds is 9. The number of halogens is 3. The van der Waals surface area contributed by atoms with Gasteiger partial charge in [-0.05, 0) is 74.2 Å². The zero-order valence-electron chi connectivity index (χ0n) is 21.5. The van der Waals surface area contributed by atoms with Crippen molar-refractivity contribution >= 4 is 15.7 Å². The highest BCUT2D eigenvalue weighted by Crippen LogP contribution is 2.37. The van der Waals surface area contributed by atoms with E-state index in [2.05, 4.69) is 16.1 Å². The molecule has 0 spiro atoms. The fourth-order valence-electron chi connectivity index (χ4n) is 4.59. The molecule has 1 amide bonds. The van der Waals surface area contributed by atoms with Gasteiger partial charge in [0.15, 0.2) is 20.9 Å². The van der Waals surface area contributed by atoms with Gasteiger partial charge in [0.2, 0.25) is 0 Å². The van der Waals surface area contributed by atoms with Crippen LogP contribution < -0.4 is 15.0 Å². The normalized spacial score (nSPS) is 19.8. The van der Waals surface area contributed by atoms with Crippen LogP contribution in [0.4, 0.5) is 13.2 Å². The minimum absolute atomic E-state index is 0.00231. The number of piperidine rings is 1. The van der Waals surface area contributed by atoms with E-state index in [9.17, 15) is 26.4 Å². The van der Waals surface area contributed by atoms with Gasteiger partial charge in [0.25, 0.3) is 5.91 Å². The Kier molecular flexibility index (Phi) is 9.25. The largest absolute Gasteiger partial charge is 0.573 e. The fourth-order valence-corrected chi connectivity index (χ4v) is 6.54. The summed E-state index contributed by atoms with van der Waals surface area (Å²) in [5, 5.41) is 0. The molecule has 1 atom stereocenters. The van der Waals surface area contributed by atoms with E-state index in [4.69, 9.17) is 20.7 Å². The van der Waals surface area contributed by atoms with E-state index in [1.807, 2.05) is 4.90 Å². The third kappa shape index (κ3) is 7.06. The molecule has 2 aliphatic heterocycles. The molecule has 0 bridgehead atoms. The number of alkyl halides is 3. The van der Waals surface area contributed by atoms with Crippen molar-refractivity contribution < 1.29 is 45.4 Å². The van der Waals surface area contributed by atoms with Gasteiger partial charge in [-0.2, -0.15) is 0 Å².